The van der Waals surface area contributed by atoms with E-state index in [1.165, 1.54) is 5.56 Å². The fourth-order valence-electron chi connectivity index (χ4n) is 1.95. The number of aryl methyl sites for hydroxylation is 1. The lowest BCUT2D eigenvalue weighted by molar-refractivity contribution is 0.179. The molecule has 0 aliphatic carbocycles. The summed E-state index contributed by atoms with van der Waals surface area (Å²) in [6.45, 7) is 5.43. The van der Waals surface area contributed by atoms with E-state index in [0.717, 1.165) is 17.3 Å². The summed E-state index contributed by atoms with van der Waals surface area (Å²) in [6, 6.07) is 6.36. The Morgan fingerprint density at radius 2 is 2.05 bits per heavy atom. The van der Waals surface area contributed by atoms with Gasteiger partial charge in [0.1, 0.15) is 5.75 Å². The lowest BCUT2D eigenvalue weighted by atomic mass is 10.1. The first-order valence-electron chi connectivity index (χ1n) is 6.69. The number of methoxy groups -OCH3 is 2. The molecule has 1 atom stereocenters. The highest BCUT2D eigenvalue weighted by atomic mass is 16.5. The smallest absolute Gasteiger partial charge is 0.191 e. The molecular weight excluding hydrogens is 254 g/mol. The zero-order valence-corrected chi connectivity index (χ0v) is 13.0. The normalized spacial score (nSPS) is 12.9. The summed E-state index contributed by atoms with van der Waals surface area (Å²) in [5.74, 6) is 1.63. The maximum atomic E-state index is 5.28. The Morgan fingerprint density at radius 3 is 2.65 bits per heavy atom. The minimum atomic E-state index is 0.207. The van der Waals surface area contributed by atoms with Crippen LogP contribution in [0.4, 0.5) is 0 Å². The summed E-state index contributed by atoms with van der Waals surface area (Å²) in [5.41, 5.74) is 2.33. The minimum Gasteiger partial charge on any atom is -0.497 e. The summed E-state index contributed by atoms with van der Waals surface area (Å²) in [5, 5.41) is 6.54. The Balaban J connectivity index is 2.58. The predicted molar refractivity (Wildman–Crippen MR) is 82.4 cm³/mol. The molecule has 0 aliphatic rings. The van der Waals surface area contributed by atoms with Crippen LogP contribution in [0.2, 0.25) is 0 Å². The van der Waals surface area contributed by atoms with Crippen LogP contribution in [0.1, 0.15) is 18.1 Å². The highest BCUT2D eigenvalue weighted by Gasteiger charge is 2.05. The van der Waals surface area contributed by atoms with E-state index in [9.17, 15) is 0 Å². The van der Waals surface area contributed by atoms with Crippen molar-refractivity contribution in [2.24, 2.45) is 4.99 Å². The van der Waals surface area contributed by atoms with Gasteiger partial charge in [0.25, 0.3) is 0 Å². The van der Waals surface area contributed by atoms with Crippen LogP contribution in [0, 0.1) is 6.92 Å². The average molecular weight is 279 g/mol. The second-order valence-corrected chi connectivity index (χ2v) is 4.78. The Hall–Kier alpha value is -1.75. The lowest BCUT2D eigenvalue weighted by Gasteiger charge is -2.17. The van der Waals surface area contributed by atoms with Gasteiger partial charge in [-0.3, -0.25) is 4.99 Å². The molecule has 0 aromatic heterocycles. The molecular formula is C15H25N3O2. The van der Waals surface area contributed by atoms with Gasteiger partial charge < -0.3 is 20.1 Å². The third-order valence-electron chi connectivity index (χ3n) is 2.83. The maximum Gasteiger partial charge on any atom is 0.191 e. The number of nitrogens with zero attached hydrogens (tertiary/aromatic N) is 1. The summed E-state index contributed by atoms with van der Waals surface area (Å²) >= 11 is 0. The number of benzene rings is 1. The zero-order chi connectivity index (χ0) is 15.0. The fraction of sp³-hybridized carbons (Fsp3) is 0.533. The molecule has 20 heavy (non-hydrogen) atoms. The number of aliphatic imine (C=N–C) groups is 1. The van der Waals surface area contributed by atoms with E-state index in [2.05, 4.69) is 28.6 Å². The highest BCUT2D eigenvalue weighted by molar-refractivity contribution is 5.79. The van der Waals surface area contributed by atoms with Gasteiger partial charge in [-0.1, -0.05) is 6.07 Å². The van der Waals surface area contributed by atoms with Crippen LogP contribution in [-0.4, -0.2) is 39.9 Å². The van der Waals surface area contributed by atoms with Crippen LogP contribution in [-0.2, 0) is 11.3 Å². The van der Waals surface area contributed by atoms with Gasteiger partial charge in [-0.15, -0.1) is 0 Å². The van der Waals surface area contributed by atoms with Gasteiger partial charge in [-0.25, -0.2) is 0 Å². The van der Waals surface area contributed by atoms with Gasteiger partial charge in [0.15, 0.2) is 5.96 Å². The molecule has 112 valence electrons. The molecule has 0 fully saturated rings. The largest absolute Gasteiger partial charge is 0.497 e. The molecule has 0 aliphatic heterocycles. The van der Waals surface area contributed by atoms with E-state index < -0.39 is 0 Å². The van der Waals surface area contributed by atoms with E-state index in [0.29, 0.717) is 13.2 Å². The molecule has 1 rings (SSSR count). The molecule has 0 radical (unpaired) electrons. The Morgan fingerprint density at radius 1 is 1.30 bits per heavy atom. The quantitative estimate of drug-likeness (QED) is 0.615. The van der Waals surface area contributed by atoms with Crippen molar-refractivity contribution in [3.8, 4) is 5.75 Å². The fourth-order valence-corrected chi connectivity index (χ4v) is 1.95. The van der Waals surface area contributed by atoms with Crippen LogP contribution in [0.3, 0.4) is 0 Å². The summed E-state index contributed by atoms with van der Waals surface area (Å²) < 4.78 is 10.4. The number of guanidine groups is 1. The first-order valence-corrected chi connectivity index (χ1v) is 6.69. The van der Waals surface area contributed by atoms with E-state index >= 15 is 0 Å². The predicted octanol–water partition coefficient (Wildman–Crippen LogP) is 1.70. The monoisotopic (exact) mass is 279 g/mol. The van der Waals surface area contributed by atoms with Crippen molar-refractivity contribution in [3.63, 3.8) is 0 Å². The molecule has 0 spiro atoms. The van der Waals surface area contributed by atoms with Crippen molar-refractivity contribution in [2.45, 2.75) is 26.4 Å². The summed E-state index contributed by atoms with van der Waals surface area (Å²) in [4.78, 5) is 4.20. The van der Waals surface area contributed by atoms with Crippen molar-refractivity contribution in [2.75, 3.05) is 27.9 Å². The van der Waals surface area contributed by atoms with Crippen molar-refractivity contribution < 1.29 is 9.47 Å². The molecule has 5 nitrogen and oxygen atoms in total. The molecule has 1 aromatic carbocycles. The number of hydrogen-bond acceptors (Lipinski definition) is 3. The van der Waals surface area contributed by atoms with Gasteiger partial charge in [-0.2, -0.15) is 0 Å². The molecule has 1 aromatic rings. The third kappa shape index (κ3) is 5.48. The molecule has 0 bridgehead atoms. The highest BCUT2D eigenvalue weighted by Crippen LogP contribution is 2.16. The number of hydrogen-bond donors (Lipinski definition) is 2. The molecule has 0 saturated carbocycles. The van der Waals surface area contributed by atoms with Gasteiger partial charge in [-0.05, 0) is 37.1 Å². The average Bonchev–Trinajstić information content (AvgIpc) is 2.43. The van der Waals surface area contributed by atoms with E-state index in [1.807, 2.05) is 19.1 Å². The van der Waals surface area contributed by atoms with Gasteiger partial charge >= 0.3 is 0 Å². The Labute approximate surface area is 121 Å². The number of ether oxygens (including phenoxy) is 2. The van der Waals surface area contributed by atoms with Crippen molar-refractivity contribution in [1.29, 1.82) is 0 Å². The van der Waals surface area contributed by atoms with E-state index in [1.54, 1.807) is 21.3 Å². The van der Waals surface area contributed by atoms with Gasteiger partial charge in [0, 0.05) is 26.7 Å². The first-order chi connectivity index (χ1) is 9.58. The molecule has 0 heterocycles. The minimum absolute atomic E-state index is 0.207. The number of nitrogens with one attached hydrogen (secondary N) is 2. The topological polar surface area (TPSA) is 54.9 Å². The summed E-state index contributed by atoms with van der Waals surface area (Å²) in [7, 11) is 5.12. The standard InChI is InChI=1S/C15H25N3O2/c1-11-6-13(8-14(7-11)20-5)9-17-15(16-3)18-12(2)10-19-4/h6-8,12H,9-10H2,1-5H3,(H2,16,17,18). The third-order valence-corrected chi connectivity index (χ3v) is 2.83. The maximum absolute atomic E-state index is 5.28. The first kappa shape index (κ1) is 16.3. The van der Waals surface area contributed by atoms with Gasteiger partial charge in [0.2, 0.25) is 0 Å². The second-order valence-electron chi connectivity index (χ2n) is 4.78. The second kappa shape index (κ2) is 8.43. The van der Waals surface area contributed by atoms with Crippen molar-refractivity contribution >= 4 is 5.96 Å². The van der Waals surface area contributed by atoms with Crippen LogP contribution in [0.15, 0.2) is 23.2 Å². The van der Waals surface area contributed by atoms with E-state index in [4.69, 9.17) is 9.47 Å². The Kier molecular flexibility index (Phi) is 6.87. The molecule has 0 amide bonds. The van der Waals surface area contributed by atoms with Crippen LogP contribution < -0.4 is 15.4 Å². The number of rotatable bonds is 6. The van der Waals surface area contributed by atoms with Crippen molar-refractivity contribution in [1.82, 2.24) is 10.6 Å². The lowest BCUT2D eigenvalue weighted by Crippen LogP contribution is -2.43. The molecule has 1 unspecified atom stereocenters. The Bertz CT molecular complexity index is 447. The SMILES string of the molecule is CN=C(NCc1cc(C)cc(OC)c1)NC(C)COC. The van der Waals surface area contributed by atoms with Crippen LogP contribution in [0.5, 0.6) is 5.75 Å². The van der Waals surface area contributed by atoms with Crippen molar-refractivity contribution in [3.05, 3.63) is 29.3 Å². The van der Waals surface area contributed by atoms with Crippen LogP contribution >= 0.6 is 0 Å². The zero-order valence-electron chi connectivity index (χ0n) is 13.0. The van der Waals surface area contributed by atoms with E-state index in [-0.39, 0.29) is 6.04 Å². The van der Waals surface area contributed by atoms with Crippen LogP contribution in [0.25, 0.3) is 0 Å². The molecule has 2 N–H and O–H groups in total. The van der Waals surface area contributed by atoms with Gasteiger partial charge in [0.05, 0.1) is 13.7 Å². The molecule has 5 heteroatoms. The summed E-state index contributed by atoms with van der Waals surface area (Å²) in [6.07, 6.45) is 0. The molecule has 0 saturated heterocycles.